The molecule has 1 aromatic heterocycles. The normalized spacial score (nSPS) is 18.1. The van der Waals surface area contributed by atoms with Gasteiger partial charge in [-0.1, -0.05) is 13.0 Å². The lowest BCUT2D eigenvalue weighted by atomic mass is 9.83. The van der Waals surface area contributed by atoms with Crippen LogP contribution >= 0.6 is 0 Å². The number of nitrogens with zero attached hydrogens (tertiary/aromatic N) is 3. The van der Waals surface area contributed by atoms with E-state index in [0.717, 1.165) is 47.0 Å². The molecule has 1 atom stereocenters. The van der Waals surface area contributed by atoms with Crippen LogP contribution in [0.25, 0.3) is 10.9 Å². The maximum Gasteiger partial charge on any atom is 0.409 e. The fourth-order valence-electron chi connectivity index (χ4n) is 4.73. The highest BCUT2D eigenvalue weighted by Gasteiger charge is 2.29. The number of benzene rings is 1. The number of carbonyl (C=O) groups is 3. The van der Waals surface area contributed by atoms with Crippen LogP contribution in [0.5, 0.6) is 0 Å². The molecule has 1 unspecified atom stereocenters. The van der Waals surface area contributed by atoms with Gasteiger partial charge in [0.15, 0.2) is 0 Å². The Morgan fingerprint density at radius 2 is 1.85 bits per heavy atom. The summed E-state index contributed by atoms with van der Waals surface area (Å²) in [7, 11) is 1.43. The van der Waals surface area contributed by atoms with Crippen LogP contribution in [0.2, 0.25) is 0 Å². The second-order valence-electron chi connectivity index (χ2n) is 8.75. The summed E-state index contributed by atoms with van der Waals surface area (Å²) in [6, 6.07) is 5.65. The Morgan fingerprint density at radius 1 is 1.12 bits per heavy atom. The molecule has 1 aliphatic heterocycles. The molecule has 4 rings (SSSR count). The summed E-state index contributed by atoms with van der Waals surface area (Å²) >= 11 is 0. The third-order valence-electron chi connectivity index (χ3n) is 6.67. The molecule has 2 amide bonds. The van der Waals surface area contributed by atoms with Crippen molar-refractivity contribution < 1.29 is 23.9 Å². The molecule has 1 saturated heterocycles. The van der Waals surface area contributed by atoms with Gasteiger partial charge in [-0.15, -0.1) is 0 Å². The van der Waals surface area contributed by atoms with Crippen molar-refractivity contribution >= 4 is 28.9 Å². The number of carbonyl (C=O) groups excluding carboxylic acids is 3. The van der Waals surface area contributed by atoms with Crippen molar-refractivity contribution in [2.75, 3.05) is 39.9 Å². The minimum Gasteiger partial charge on any atom is -0.469 e. The van der Waals surface area contributed by atoms with Crippen molar-refractivity contribution in [1.82, 2.24) is 14.8 Å². The Hall–Kier alpha value is -3.16. The van der Waals surface area contributed by atoms with Gasteiger partial charge in [-0.2, -0.15) is 0 Å². The summed E-state index contributed by atoms with van der Waals surface area (Å²) < 4.78 is 10.1. The van der Waals surface area contributed by atoms with Crippen molar-refractivity contribution in [3.63, 3.8) is 0 Å². The molecule has 0 bridgehead atoms. The van der Waals surface area contributed by atoms with Crippen molar-refractivity contribution in [2.24, 2.45) is 5.92 Å². The zero-order valence-electron chi connectivity index (χ0n) is 19.6. The Labute approximate surface area is 193 Å². The number of ether oxygens (including phenoxy) is 2. The predicted octanol–water partition coefficient (Wildman–Crippen LogP) is 3.13. The van der Waals surface area contributed by atoms with E-state index in [2.05, 4.69) is 6.92 Å². The number of piperazine rings is 1. The van der Waals surface area contributed by atoms with E-state index in [9.17, 15) is 14.4 Å². The highest BCUT2D eigenvalue weighted by Crippen LogP contribution is 2.32. The lowest BCUT2D eigenvalue weighted by molar-refractivity contribution is -0.145. The van der Waals surface area contributed by atoms with Gasteiger partial charge in [-0.05, 0) is 55.9 Å². The largest absolute Gasteiger partial charge is 0.469 e. The Morgan fingerprint density at radius 3 is 2.55 bits per heavy atom. The quantitative estimate of drug-likeness (QED) is 0.661. The molecule has 8 nitrogen and oxygen atoms in total. The monoisotopic (exact) mass is 453 g/mol. The molecule has 1 aliphatic carbocycles. The molecule has 0 spiro atoms. The Bertz CT molecular complexity index is 1080. The lowest BCUT2D eigenvalue weighted by Gasteiger charge is -2.34. The van der Waals surface area contributed by atoms with Gasteiger partial charge in [0.25, 0.3) is 5.91 Å². The van der Waals surface area contributed by atoms with Crippen molar-refractivity contribution in [3.8, 4) is 0 Å². The summed E-state index contributed by atoms with van der Waals surface area (Å²) in [4.78, 5) is 45.5. The summed E-state index contributed by atoms with van der Waals surface area (Å²) in [6.45, 7) is 6.31. The van der Waals surface area contributed by atoms with Crippen LogP contribution in [0.4, 0.5) is 4.79 Å². The average Bonchev–Trinajstić information content (AvgIpc) is 2.86. The van der Waals surface area contributed by atoms with E-state index in [0.29, 0.717) is 44.8 Å². The number of pyridine rings is 1. The van der Waals surface area contributed by atoms with E-state index in [-0.39, 0.29) is 23.9 Å². The molecular weight excluding hydrogens is 422 g/mol. The van der Waals surface area contributed by atoms with Gasteiger partial charge in [-0.25, -0.2) is 4.79 Å². The van der Waals surface area contributed by atoms with Gasteiger partial charge >= 0.3 is 12.1 Å². The first kappa shape index (κ1) is 23.0. The van der Waals surface area contributed by atoms with Gasteiger partial charge in [0, 0.05) is 42.8 Å². The maximum absolute atomic E-state index is 13.1. The molecule has 0 radical (unpaired) electrons. The van der Waals surface area contributed by atoms with Crippen molar-refractivity contribution in [2.45, 2.75) is 39.5 Å². The molecule has 2 aliphatic rings. The van der Waals surface area contributed by atoms with Gasteiger partial charge < -0.3 is 19.3 Å². The first-order valence-corrected chi connectivity index (χ1v) is 11.6. The maximum atomic E-state index is 13.1. The van der Waals surface area contributed by atoms with E-state index < -0.39 is 0 Å². The Kier molecular flexibility index (Phi) is 6.81. The first-order valence-electron chi connectivity index (χ1n) is 11.6. The number of methoxy groups -OCH3 is 1. The summed E-state index contributed by atoms with van der Waals surface area (Å²) in [6.07, 6.45) is 2.56. The highest BCUT2D eigenvalue weighted by atomic mass is 16.6. The number of hydrogen-bond donors (Lipinski definition) is 0. The predicted molar refractivity (Wildman–Crippen MR) is 123 cm³/mol. The van der Waals surface area contributed by atoms with Gasteiger partial charge in [0.05, 0.1) is 25.2 Å². The number of aryl methyl sites for hydroxylation is 2. The second kappa shape index (κ2) is 9.77. The van der Waals surface area contributed by atoms with Crippen LogP contribution in [-0.4, -0.2) is 72.6 Å². The van der Waals surface area contributed by atoms with E-state index in [1.807, 2.05) is 25.1 Å². The van der Waals surface area contributed by atoms with Crippen LogP contribution in [0, 0.1) is 12.8 Å². The molecule has 1 fully saturated rings. The van der Waals surface area contributed by atoms with E-state index in [4.69, 9.17) is 14.5 Å². The van der Waals surface area contributed by atoms with Crippen LogP contribution in [-0.2, 0) is 27.1 Å². The molecular formula is C25H31N3O5. The molecule has 2 aromatic rings. The topological polar surface area (TPSA) is 89.0 Å². The number of hydrogen-bond acceptors (Lipinski definition) is 6. The molecule has 0 saturated carbocycles. The zero-order valence-corrected chi connectivity index (χ0v) is 19.6. The van der Waals surface area contributed by atoms with Crippen LogP contribution < -0.4 is 0 Å². The van der Waals surface area contributed by atoms with Crippen molar-refractivity contribution in [1.29, 1.82) is 0 Å². The second-order valence-corrected chi connectivity index (χ2v) is 8.75. The molecule has 2 heterocycles. The third-order valence-corrected chi connectivity index (χ3v) is 6.67. The SMILES string of the molecule is CCCOC(=O)N1CCN(C(=O)c2ccc3c(C)c4c(nc3c2)CCC(C(=O)OC)C4)CC1. The first-order chi connectivity index (χ1) is 15.9. The minimum atomic E-state index is -0.312. The van der Waals surface area contributed by atoms with Crippen LogP contribution in [0.1, 0.15) is 46.9 Å². The highest BCUT2D eigenvalue weighted by molar-refractivity contribution is 5.98. The fraction of sp³-hybridized carbons (Fsp3) is 0.520. The van der Waals surface area contributed by atoms with E-state index in [1.54, 1.807) is 9.80 Å². The molecule has 176 valence electrons. The molecule has 33 heavy (non-hydrogen) atoms. The number of amides is 2. The molecule has 0 N–H and O–H groups in total. The van der Waals surface area contributed by atoms with Crippen LogP contribution in [0.15, 0.2) is 18.2 Å². The van der Waals surface area contributed by atoms with Gasteiger partial charge in [0.2, 0.25) is 0 Å². The van der Waals surface area contributed by atoms with Gasteiger partial charge in [-0.3, -0.25) is 14.6 Å². The number of esters is 1. The lowest BCUT2D eigenvalue weighted by Crippen LogP contribution is -2.50. The third kappa shape index (κ3) is 4.65. The fourth-order valence-corrected chi connectivity index (χ4v) is 4.73. The van der Waals surface area contributed by atoms with Crippen LogP contribution in [0.3, 0.4) is 0 Å². The van der Waals surface area contributed by atoms with E-state index >= 15 is 0 Å². The standard InChI is InChI=1S/C25H31N3O5/c1-4-13-33-25(31)28-11-9-27(10-12-28)23(29)17-5-7-19-16(2)20-14-18(24(30)32-3)6-8-21(20)26-22(19)15-17/h5,7,15,18H,4,6,8-14H2,1-3H3. The number of fused-ring (bicyclic) bond motifs is 2. The molecule has 1 aromatic carbocycles. The zero-order chi connectivity index (χ0) is 23.5. The Balaban J connectivity index is 1.49. The number of rotatable bonds is 4. The summed E-state index contributed by atoms with van der Waals surface area (Å²) in [5.41, 5.74) is 4.63. The summed E-state index contributed by atoms with van der Waals surface area (Å²) in [5.74, 6) is -0.347. The average molecular weight is 454 g/mol. The van der Waals surface area contributed by atoms with E-state index in [1.165, 1.54) is 7.11 Å². The molecule has 8 heteroatoms. The van der Waals surface area contributed by atoms with Crippen molar-refractivity contribution in [3.05, 3.63) is 40.6 Å². The van der Waals surface area contributed by atoms with Gasteiger partial charge in [0.1, 0.15) is 0 Å². The smallest absolute Gasteiger partial charge is 0.409 e. The number of aromatic nitrogens is 1. The summed E-state index contributed by atoms with van der Waals surface area (Å²) in [5, 5.41) is 0.999. The minimum absolute atomic E-state index is 0.0543.